The van der Waals surface area contributed by atoms with E-state index < -0.39 is 12.0 Å². The van der Waals surface area contributed by atoms with Crippen LogP contribution in [0, 0.1) is 0 Å². The molecular weight excluding hydrogens is 232 g/mol. The van der Waals surface area contributed by atoms with Gasteiger partial charge in [0, 0.05) is 5.02 Å². The van der Waals surface area contributed by atoms with Crippen molar-refractivity contribution in [3.8, 4) is 0 Å². The van der Waals surface area contributed by atoms with Crippen LogP contribution in [0.4, 0.5) is 0 Å². The third-order valence-electron chi connectivity index (χ3n) is 2.11. The lowest BCUT2D eigenvalue weighted by molar-refractivity contribution is -0.138. The number of nitrogens with two attached hydrogens (primary N) is 1. The molecule has 0 aliphatic rings. The van der Waals surface area contributed by atoms with Crippen LogP contribution in [0.15, 0.2) is 22.6 Å². The summed E-state index contributed by atoms with van der Waals surface area (Å²) in [4.78, 5) is 14.7. The first-order chi connectivity index (χ1) is 7.56. The summed E-state index contributed by atoms with van der Waals surface area (Å²) in [5, 5.41) is 9.20. The number of hydrogen-bond acceptors (Lipinski definition) is 4. The van der Waals surface area contributed by atoms with Crippen LogP contribution >= 0.6 is 11.6 Å². The van der Waals surface area contributed by atoms with Crippen molar-refractivity contribution >= 4 is 28.7 Å². The summed E-state index contributed by atoms with van der Waals surface area (Å²) < 4.78 is 5.33. The van der Waals surface area contributed by atoms with Crippen molar-refractivity contribution in [2.24, 2.45) is 5.73 Å². The summed E-state index contributed by atoms with van der Waals surface area (Å²) in [5.41, 5.74) is 6.54. The number of oxazole rings is 1. The monoisotopic (exact) mass is 240 g/mol. The highest BCUT2D eigenvalue weighted by Gasteiger charge is 2.16. The zero-order valence-corrected chi connectivity index (χ0v) is 8.94. The minimum absolute atomic E-state index is 0.0572. The molecule has 1 aromatic heterocycles. The first-order valence-electron chi connectivity index (χ1n) is 4.59. The van der Waals surface area contributed by atoms with E-state index in [1.807, 2.05) is 0 Å². The first kappa shape index (κ1) is 10.9. The zero-order valence-electron chi connectivity index (χ0n) is 8.18. The van der Waals surface area contributed by atoms with Gasteiger partial charge in [-0.25, -0.2) is 4.98 Å². The molecule has 2 aromatic rings. The second kappa shape index (κ2) is 4.11. The van der Waals surface area contributed by atoms with Crippen molar-refractivity contribution < 1.29 is 14.3 Å². The Morgan fingerprint density at radius 2 is 2.38 bits per heavy atom. The van der Waals surface area contributed by atoms with Gasteiger partial charge in [0.1, 0.15) is 11.6 Å². The molecule has 16 heavy (non-hydrogen) atoms. The van der Waals surface area contributed by atoms with Gasteiger partial charge in [-0.15, -0.1) is 0 Å². The molecule has 0 bridgehead atoms. The highest BCUT2D eigenvalue weighted by Crippen LogP contribution is 2.20. The van der Waals surface area contributed by atoms with E-state index in [4.69, 9.17) is 26.9 Å². The largest absolute Gasteiger partial charge is 0.480 e. The lowest BCUT2D eigenvalue weighted by Gasteiger charge is -2.00. The SMILES string of the molecule is N[C@H](Cc1nc2cc(Cl)ccc2o1)C(=O)O. The van der Waals surface area contributed by atoms with Crippen LogP contribution < -0.4 is 5.73 Å². The van der Waals surface area contributed by atoms with Crippen molar-refractivity contribution in [3.05, 3.63) is 29.1 Å². The summed E-state index contributed by atoms with van der Waals surface area (Å²) in [6.07, 6.45) is 0.0572. The third-order valence-corrected chi connectivity index (χ3v) is 2.34. The number of aliphatic carboxylic acids is 1. The summed E-state index contributed by atoms with van der Waals surface area (Å²) in [6, 6.07) is 4.00. The third kappa shape index (κ3) is 2.15. The number of aromatic nitrogens is 1. The van der Waals surface area contributed by atoms with Crippen molar-refractivity contribution in [1.82, 2.24) is 4.98 Å². The average Bonchev–Trinajstić information content (AvgIpc) is 2.58. The molecule has 0 spiro atoms. The topological polar surface area (TPSA) is 89.4 Å². The van der Waals surface area contributed by atoms with Crippen molar-refractivity contribution in [2.75, 3.05) is 0 Å². The Hall–Kier alpha value is -1.59. The number of benzene rings is 1. The Bertz CT molecular complexity index is 538. The maximum atomic E-state index is 10.6. The molecule has 5 nitrogen and oxygen atoms in total. The van der Waals surface area contributed by atoms with Crippen LogP contribution in [0.25, 0.3) is 11.1 Å². The summed E-state index contributed by atoms with van der Waals surface area (Å²) in [6.45, 7) is 0. The molecule has 0 aliphatic heterocycles. The molecule has 0 amide bonds. The van der Waals surface area contributed by atoms with Gasteiger partial charge >= 0.3 is 5.97 Å². The van der Waals surface area contributed by atoms with Gasteiger partial charge in [0.2, 0.25) is 0 Å². The molecular formula is C10H9ClN2O3. The highest BCUT2D eigenvalue weighted by molar-refractivity contribution is 6.31. The summed E-state index contributed by atoms with van der Waals surface area (Å²) in [5.74, 6) is -0.785. The molecule has 1 aromatic carbocycles. The Morgan fingerprint density at radius 1 is 1.62 bits per heavy atom. The van der Waals surface area contributed by atoms with E-state index in [1.54, 1.807) is 18.2 Å². The molecule has 1 heterocycles. The van der Waals surface area contributed by atoms with Gasteiger partial charge in [0.05, 0.1) is 6.42 Å². The second-order valence-electron chi connectivity index (χ2n) is 3.37. The van der Waals surface area contributed by atoms with E-state index in [2.05, 4.69) is 4.98 Å². The molecule has 0 aliphatic carbocycles. The smallest absolute Gasteiger partial charge is 0.321 e. The van der Waals surface area contributed by atoms with Crippen LogP contribution in [0.1, 0.15) is 5.89 Å². The van der Waals surface area contributed by atoms with Gasteiger partial charge in [-0.05, 0) is 18.2 Å². The van der Waals surface area contributed by atoms with Crippen LogP contribution in [-0.4, -0.2) is 22.1 Å². The fraction of sp³-hybridized carbons (Fsp3) is 0.200. The van der Waals surface area contributed by atoms with Gasteiger partial charge in [-0.2, -0.15) is 0 Å². The molecule has 0 unspecified atom stereocenters. The first-order valence-corrected chi connectivity index (χ1v) is 4.97. The Kier molecular flexibility index (Phi) is 2.80. The normalized spacial score (nSPS) is 12.9. The predicted molar refractivity (Wildman–Crippen MR) is 58.3 cm³/mol. The molecule has 2 rings (SSSR count). The maximum absolute atomic E-state index is 10.6. The van der Waals surface area contributed by atoms with Gasteiger partial charge in [0.15, 0.2) is 11.5 Å². The fourth-order valence-corrected chi connectivity index (χ4v) is 1.48. The number of nitrogens with zero attached hydrogens (tertiary/aromatic N) is 1. The lowest BCUT2D eigenvalue weighted by atomic mass is 10.2. The fourth-order valence-electron chi connectivity index (χ4n) is 1.31. The van der Waals surface area contributed by atoms with E-state index in [1.165, 1.54) is 0 Å². The van der Waals surface area contributed by atoms with E-state index >= 15 is 0 Å². The average molecular weight is 241 g/mol. The molecule has 1 atom stereocenters. The van der Waals surface area contributed by atoms with Gasteiger partial charge in [0.25, 0.3) is 0 Å². The number of carboxylic acids is 1. The molecule has 0 saturated carbocycles. The van der Waals surface area contributed by atoms with Crippen molar-refractivity contribution in [2.45, 2.75) is 12.5 Å². The highest BCUT2D eigenvalue weighted by atomic mass is 35.5. The van der Waals surface area contributed by atoms with Gasteiger partial charge in [-0.1, -0.05) is 11.6 Å². The minimum Gasteiger partial charge on any atom is -0.480 e. The van der Waals surface area contributed by atoms with Crippen molar-refractivity contribution in [1.29, 1.82) is 0 Å². The van der Waals surface area contributed by atoms with E-state index in [9.17, 15) is 4.79 Å². The van der Waals surface area contributed by atoms with Crippen LogP contribution in [0.2, 0.25) is 5.02 Å². The zero-order chi connectivity index (χ0) is 11.7. The number of fused-ring (bicyclic) bond motifs is 1. The maximum Gasteiger partial charge on any atom is 0.321 e. The van der Waals surface area contributed by atoms with Crippen LogP contribution in [0.5, 0.6) is 0 Å². The molecule has 3 N–H and O–H groups in total. The van der Waals surface area contributed by atoms with Crippen LogP contribution in [0.3, 0.4) is 0 Å². The molecule has 6 heteroatoms. The van der Waals surface area contributed by atoms with Gasteiger partial charge in [-0.3, -0.25) is 4.79 Å². The number of carboxylic acid groups (broad SMARTS) is 1. The van der Waals surface area contributed by atoms with E-state index in [0.29, 0.717) is 22.0 Å². The number of halogens is 1. The summed E-state index contributed by atoms with van der Waals surface area (Å²) >= 11 is 5.78. The molecule has 0 fully saturated rings. The lowest BCUT2D eigenvalue weighted by Crippen LogP contribution is -2.32. The predicted octanol–water partition coefficient (Wildman–Crippen LogP) is 1.44. The number of rotatable bonds is 3. The van der Waals surface area contributed by atoms with Crippen molar-refractivity contribution in [3.63, 3.8) is 0 Å². The van der Waals surface area contributed by atoms with E-state index in [-0.39, 0.29) is 6.42 Å². The van der Waals surface area contributed by atoms with Crippen LogP contribution in [-0.2, 0) is 11.2 Å². The summed E-state index contributed by atoms with van der Waals surface area (Å²) in [7, 11) is 0. The number of carbonyl (C=O) groups is 1. The quantitative estimate of drug-likeness (QED) is 0.847. The minimum atomic E-state index is -1.08. The molecule has 84 valence electrons. The van der Waals surface area contributed by atoms with Gasteiger partial charge < -0.3 is 15.3 Å². The second-order valence-corrected chi connectivity index (χ2v) is 3.80. The van der Waals surface area contributed by atoms with E-state index in [0.717, 1.165) is 0 Å². The Labute approximate surface area is 95.8 Å². The molecule has 0 saturated heterocycles. The Morgan fingerprint density at radius 3 is 3.06 bits per heavy atom. The molecule has 0 radical (unpaired) electrons. The standard InChI is InChI=1S/C10H9ClN2O3/c11-5-1-2-8-7(3-5)13-9(16-8)4-6(12)10(14)15/h1-3,6H,4,12H2,(H,14,15)/t6-/m1/s1. The number of hydrogen-bond donors (Lipinski definition) is 2. The Balaban J connectivity index is 2.29.